The fraction of sp³-hybridized carbons (Fsp3) is 0.579. The number of ketones is 3. The van der Waals surface area contributed by atoms with Gasteiger partial charge in [-0.2, -0.15) is 0 Å². The highest BCUT2D eigenvalue weighted by atomic mass is 16.7. The standard InChI is InChI=1S/C38H49NO12/c1-6-9-13-27(41)49-19-26(40)38(47)17-22-30(25(18-38)51-28-16-23(33(42)20(4)50-28)39(14-7-2)15-8-3)37(46)32-31(35(22)44)34(43)21-11-10-12-24(48-5)29(21)36(32)45/h10-12,20,23,25,28,33,42,44,46-47H,6-9,13-19H2,1-5H3/t20-,23-,25?,28+,33+,38?/m0/s1. The van der Waals surface area contributed by atoms with Gasteiger partial charge >= 0.3 is 5.97 Å². The molecular formula is C38H49NO12. The summed E-state index contributed by atoms with van der Waals surface area (Å²) in [6.07, 6.45) is -1.64. The molecule has 3 aliphatic rings. The summed E-state index contributed by atoms with van der Waals surface area (Å²) in [7, 11) is 1.34. The SMILES string of the molecule is CCCCC(=O)OCC(=O)C1(O)Cc2c(O)c3c(c(O)c2C(O[C@@H]2C[C@H](N(CCC)CCC)[C@H](O)[C@H](C)O2)C1)C(=O)c1c(OC)cccc1C3=O. The molecule has 5 rings (SSSR count). The summed E-state index contributed by atoms with van der Waals surface area (Å²) >= 11 is 0. The Balaban J connectivity index is 1.59. The zero-order valence-electron chi connectivity index (χ0n) is 29.9. The van der Waals surface area contributed by atoms with E-state index < -0.39 is 95.6 Å². The number of benzene rings is 2. The fourth-order valence-corrected chi connectivity index (χ4v) is 7.60. The topological polar surface area (TPSA) is 189 Å². The van der Waals surface area contributed by atoms with E-state index in [1.807, 2.05) is 20.8 Å². The second-order valence-corrected chi connectivity index (χ2v) is 13.7. The summed E-state index contributed by atoms with van der Waals surface area (Å²) in [4.78, 5) is 55.9. The predicted molar refractivity (Wildman–Crippen MR) is 183 cm³/mol. The molecule has 0 amide bonds. The largest absolute Gasteiger partial charge is 0.507 e. The van der Waals surface area contributed by atoms with Crippen LogP contribution in [0.5, 0.6) is 17.2 Å². The average Bonchev–Trinajstić information content (AvgIpc) is 3.10. The predicted octanol–water partition coefficient (Wildman–Crippen LogP) is 3.91. The van der Waals surface area contributed by atoms with Crippen molar-refractivity contribution in [3.63, 3.8) is 0 Å². The number of aromatic hydroxyl groups is 2. The van der Waals surface area contributed by atoms with Crippen molar-refractivity contribution in [1.29, 1.82) is 0 Å². The first-order valence-corrected chi connectivity index (χ1v) is 17.8. The third kappa shape index (κ3) is 7.27. The van der Waals surface area contributed by atoms with E-state index in [0.29, 0.717) is 19.5 Å². The molecule has 1 saturated heterocycles. The third-order valence-electron chi connectivity index (χ3n) is 10.2. The molecule has 0 bridgehead atoms. The highest BCUT2D eigenvalue weighted by Gasteiger charge is 2.51. The van der Waals surface area contributed by atoms with E-state index in [9.17, 15) is 39.6 Å². The van der Waals surface area contributed by atoms with Crippen LogP contribution in [-0.4, -0.2) is 106 Å². The van der Waals surface area contributed by atoms with E-state index in [4.69, 9.17) is 18.9 Å². The Bertz CT molecular complexity index is 1670. The first-order chi connectivity index (χ1) is 24.3. The number of unbranched alkanes of at least 4 members (excludes halogenated alkanes) is 1. The number of carbonyl (C=O) groups excluding carboxylic acids is 4. The maximum atomic E-state index is 14.0. The molecule has 2 aromatic carbocycles. The van der Waals surface area contributed by atoms with Gasteiger partial charge in [0.1, 0.15) is 22.8 Å². The minimum Gasteiger partial charge on any atom is -0.507 e. The number of aliphatic hydroxyl groups is 2. The van der Waals surface area contributed by atoms with E-state index in [1.165, 1.54) is 25.3 Å². The van der Waals surface area contributed by atoms with Gasteiger partial charge in [-0.3, -0.25) is 24.1 Å². The molecular weight excluding hydrogens is 662 g/mol. The number of Topliss-reactive ketones (excluding diaryl/α,β-unsaturated/α-hetero) is 1. The van der Waals surface area contributed by atoms with Crippen molar-refractivity contribution < 1.29 is 58.6 Å². The summed E-state index contributed by atoms with van der Waals surface area (Å²) < 4.78 is 23.1. The van der Waals surface area contributed by atoms with Crippen LogP contribution in [0.2, 0.25) is 0 Å². The van der Waals surface area contributed by atoms with Crippen molar-refractivity contribution in [2.75, 3.05) is 26.8 Å². The second kappa shape index (κ2) is 15.8. The lowest BCUT2D eigenvalue weighted by atomic mass is 9.72. The molecule has 13 nitrogen and oxygen atoms in total. The van der Waals surface area contributed by atoms with E-state index in [1.54, 1.807) is 6.92 Å². The van der Waals surface area contributed by atoms with Crippen molar-refractivity contribution in [2.24, 2.45) is 0 Å². The molecule has 1 fully saturated rings. The minimum atomic E-state index is -2.28. The molecule has 6 atom stereocenters. The average molecular weight is 712 g/mol. The molecule has 0 radical (unpaired) electrons. The normalized spacial score (nSPS) is 25.6. The Labute approximate surface area is 297 Å². The Kier molecular flexibility index (Phi) is 11.9. The molecule has 1 heterocycles. The molecule has 2 unspecified atom stereocenters. The van der Waals surface area contributed by atoms with E-state index >= 15 is 0 Å². The van der Waals surface area contributed by atoms with Crippen LogP contribution in [0.3, 0.4) is 0 Å². The summed E-state index contributed by atoms with van der Waals surface area (Å²) in [5.41, 5.74) is -3.58. The van der Waals surface area contributed by atoms with Crippen LogP contribution in [-0.2, 0) is 30.2 Å². The number of hydrogen-bond acceptors (Lipinski definition) is 13. The number of phenols is 2. The van der Waals surface area contributed by atoms with Crippen LogP contribution in [0.15, 0.2) is 18.2 Å². The van der Waals surface area contributed by atoms with E-state index in [0.717, 1.165) is 19.3 Å². The summed E-state index contributed by atoms with van der Waals surface area (Å²) in [6, 6.07) is 4.06. The number of ether oxygens (including phenoxy) is 4. The Morgan fingerprint density at radius 2 is 1.69 bits per heavy atom. The lowest BCUT2D eigenvalue weighted by molar-refractivity contribution is -0.258. The number of aliphatic hydroxyl groups excluding tert-OH is 1. The molecule has 1 aliphatic heterocycles. The summed E-state index contributed by atoms with van der Waals surface area (Å²) in [5.74, 6) is -4.22. The number of esters is 1. The number of rotatable bonds is 14. The van der Waals surface area contributed by atoms with Gasteiger partial charge in [0.15, 0.2) is 18.7 Å². The maximum Gasteiger partial charge on any atom is 0.306 e. The van der Waals surface area contributed by atoms with Crippen LogP contribution < -0.4 is 4.74 Å². The highest BCUT2D eigenvalue weighted by molar-refractivity contribution is 6.31. The third-order valence-corrected chi connectivity index (χ3v) is 10.2. The van der Waals surface area contributed by atoms with Crippen molar-refractivity contribution >= 4 is 23.3 Å². The van der Waals surface area contributed by atoms with Crippen LogP contribution >= 0.6 is 0 Å². The lowest BCUT2D eigenvalue weighted by Crippen LogP contribution is -2.56. The second-order valence-electron chi connectivity index (χ2n) is 13.7. The van der Waals surface area contributed by atoms with Gasteiger partial charge in [-0.1, -0.05) is 39.3 Å². The van der Waals surface area contributed by atoms with Crippen molar-refractivity contribution in [2.45, 2.75) is 115 Å². The number of carbonyl (C=O) groups is 4. The van der Waals surface area contributed by atoms with Gasteiger partial charge in [-0.05, 0) is 45.3 Å². The number of hydrogen-bond donors (Lipinski definition) is 4. The number of phenolic OH excluding ortho intramolecular Hbond substituents is 2. The smallest absolute Gasteiger partial charge is 0.306 e. The number of nitrogens with zero attached hydrogens (tertiary/aromatic N) is 1. The summed E-state index contributed by atoms with van der Waals surface area (Å²) in [6.45, 7) is 8.37. The fourth-order valence-electron chi connectivity index (χ4n) is 7.60. The van der Waals surface area contributed by atoms with Crippen LogP contribution in [0.4, 0.5) is 0 Å². The minimum absolute atomic E-state index is 0.0478. The quantitative estimate of drug-likeness (QED) is 0.139. The molecule has 0 aromatic heterocycles. The number of methoxy groups -OCH3 is 1. The monoisotopic (exact) mass is 711 g/mol. The Morgan fingerprint density at radius 3 is 2.33 bits per heavy atom. The van der Waals surface area contributed by atoms with Crippen LogP contribution in [0, 0.1) is 0 Å². The zero-order valence-corrected chi connectivity index (χ0v) is 29.9. The summed E-state index contributed by atoms with van der Waals surface area (Å²) in [5, 5.41) is 46.7. The molecule has 13 heteroatoms. The highest BCUT2D eigenvalue weighted by Crippen LogP contribution is 2.52. The number of fused-ring (bicyclic) bond motifs is 3. The first-order valence-electron chi connectivity index (χ1n) is 17.8. The van der Waals surface area contributed by atoms with Gasteiger partial charge in [-0.25, -0.2) is 0 Å². The Morgan fingerprint density at radius 1 is 1.00 bits per heavy atom. The van der Waals surface area contributed by atoms with Gasteiger partial charge in [0.05, 0.1) is 42.1 Å². The molecule has 0 saturated carbocycles. The van der Waals surface area contributed by atoms with Gasteiger partial charge in [-0.15, -0.1) is 0 Å². The van der Waals surface area contributed by atoms with Crippen LogP contribution in [0.25, 0.3) is 0 Å². The lowest BCUT2D eigenvalue weighted by Gasteiger charge is -2.45. The van der Waals surface area contributed by atoms with Gasteiger partial charge < -0.3 is 39.4 Å². The molecule has 278 valence electrons. The van der Waals surface area contributed by atoms with Gasteiger partial charge in [0, 0.05) is 48.4 Å². The zero-order chi connectivity index (χ0) is 37.2. The van der Waals surface area contributed by atoms with Crippen molar-refractivity contribution in [1.82, 2.24) is 4.90 Å². The molecule has 2 aliphatic carbocycles. The Hall–Kier alpha value is -3.88. The van der Waals surface area contributed by atoms with Crippen molar-refractivity contribution in [3.05, 3.63) is 51.6 Å². The molecule has 2 aromatic rings. The molecule has 0 spiro atoms. The molecule has 4 N–H and O–H groups in total. The first kappa shape index (κ1) is 38.4. The van der Waals surface area contributed by atoms with E-state index in [-0.39, 0.29) is 46.9 Å². The van der Waals surface area contributed by atoms with Crippen LogP contribution in [0.1, 0.15) is 122 Å². The van der Waals surface area contributed by atoms with Gasteiger partial charge in [0.25, 0.3) is 0 Å². The maximum absolute atomic E-state index is 14.0. The molecule has 51 heavy (non-hydrogen) atoms. The van der Waals surface area contributed by atoms with Gasteiger partial charge in [0.2, 0.25) is 11.6 Å². The van der Waals surface area contributed by atoms with Crippen molar-refractivity contribution in [3.8, 4) is 17.2 Å². The van der Waals surface area contributed by atoms with E-state index in [2.05, 4.69) is 4.90 Å².